The lowest BCUT2D eigenvalue weighted by Gasteiger charge is -2.30. The molecule has 0 amide bonds. The summed E-state index contributed by atoms with van der Waals surface area (Å²) in [6.45, 7) is 2.68. The molecule has 3 aliphatic heterocycles. The van der Waals surface area contributed by atoms with Crippen LogP contribution in [0.15, 0.2) is 42.4 Å². The van der Waals surface area contributed by atoms with Gasteiger partial charge in [-0.25, -0.2) is 19.7 Å². The summed E-state index contributed by atoms with van der Waals surface area (Å²) in [6.07, 6.45) is -1.48. The summed E-state index contributed by atoms with van der Waals surface area (Å²) in [5.74, 6) is -0.717. The Balaban J connectivity index is 1.17. The van der Waals surface area contributed by atoms with E-state index in [9.17, 15) is 38.4 Å². The van der Waals surface area contributed by atoms with Gasteiger partial charge in [0.2, 0.25) is 0 Å². The van der Waals surface area contributed by atoms with Crippen molar-refractivity contribution in [1.82, 2.24) is 34.0 Å². The number of phosphoric acid groups is 2. The Bertz CT molecular complexity index is 2140. The van der Waals surface area contributed by atoms with E-state index >= 15 is 0 Å². The van der Waals surface area contributed by atoms with Crippen molar-refractivity contribution >= 4 is 50.2 Å². The standard InChI is InChI=1S/C33H47N9O15P2/c1-2-3-7-20(43)11-19-6-4-5-9-40(13-19)14-26(44)56-29-23(55-32(28(29)45)42-18-38-27-30(35)36-17-37-31(27)42)16-53-59(50,51)57-21-12-25(41-10-8-24(34)39-33(41)46)54-22(21)15-52-58(47,48)49/h2,8,10,17-19,21-23,25,28-29,32,45H,1,3-7,9,11-16H2,(H,50,51)(H2,34,39,46)(H2,35,36,37)(H2,47,48,49)/p-2/t19-,21?,22-,23-,25-,28+,29?,32-/m1/s1. The number of fused-ring (bicyclic) bond motifs is 1. The molecule has 3 fully saturated rings. The predicted octanol–water partition coefficient (Wildman–Crippen LogP) is -0.920. The molecule has 6 rings (SSSR count). The minimum absolute atomic E-state index is 0.0213. The first-order valence-electron chi connectivity index (χ1n) is 18.6. The van der Waals surface area contributed by atoms with E-state index in [1.54, 1.807) is 6.08 Å². The van der Waals surface area contributed by atoms with Crippen molar-refractivity contribution in [1.29, 1.82) is 0 Å². The number of aliphatic hydroxyl groups excluding tert-OH is 1. The number of aromatic nitrogens is 6. The molecule has 3 aromatic rings. The average Bonchev–Trinajstić information content (AvgIpc) is 3.80. The number of phosphoric ester groups is 2. The molecule has 0 saturated carbocycles. The topological polar surface area (TPSA) is 344 Å². The van der Waals surface area contributed by atoms with Gasteiger partial charge in [0.05, 0.1) is 32.2 Å². The maximum atomic E-state index is 13.5. The second-order valence-electron chi connectivity index (χ2n) is 14.3. The molecule has 24 nitrogen and oxygen atoms in total. The first kappa shape index (κ1) is 44.5. The molecule has 3 aromatic heterocycles. The number of ketones is 1. The molecule has 0 spiro atoms. The van der Waals surface area contributed by atoms with Crippen molar-refractivity contribution in [3.8, 4) is 0 Å². The normalized spacial score (nSPS) is 28.5. The highest BCUT2D eigenvalue weighted by molar-refractivity contribution is 7.46. The van der Waals surface area contributed by atoms with Gasteiger partial charge in [0.25, 0.3) is 15.6 Å². The van der Waals surface area contributed by atoms with E-state index in [1.165, 1.54) is 23.2 Å². The van der Waals surface area contributed by atoms with E-state index in [2.05, 4.69) is 31.0 Å². The molecule has 6 N–H and O–H groups in total. The number of hydrogen-bond donors (Lipinski definition) is 4. The van der Waals surface area contributed by atoms with E-state index in [4.69, 9.17) is 39.6 Å². The number of Topliss-reactive ketones (excluding diaryl/α,β-unsaturated/α-hetero) is 1. The minimum atomic E-state index is -5.42. The molecule has 10 atom stereocenters. The average molecular weight is 870 g/mol. The summed E-state index contributed by atoms with van der Waals surface area (Å²) >= 11 is 0. The molecule has 324 valence electrons. The van der Waals surface area contributed by atoms with Gasteiger partial charge in [0, 0.05) is 32.0 Å². The molecule has 0 bridgehead atoms. The number of anilines is 2. The van der Waals surface area contributed by atoms with Crippen LogP contribution in [-0.4, -0.2) is 119 Å². The van der Waals surface area contributed by atoms with Crippen LogP contribution in [0.25, 0.3) is 11.2 Å². The molecule has 26 heteroatoms. The van der Waals surface area contributed by atoms with Crippen LogP contribution in [0.2, 0.25) is 0 Å². The minimum Gasteiger partial charge on any atom is -0.756 e. The Kier molecular flexibility index (Phi) is 14.4. The van der Waals surface area contributed by atoms with E-state index < -0.39 is 83.5 Å². The molecule has 4 unspecified atom stereocenters. The number of nitrogens with two attached hydrogens (primary N) is 2. The Labute approximate surface area is 336 Å². The van der Waals surface area contributed by atoms with Gasteiger partial charge in [-0.15, -0.1) is 6.58 Å². The summed E-state index contributed by atoms with van der Waals surface area (Å²) in [4.78, 5) is 90.1. The SMILES string of the molecule is C=CCCC(=O)C[C@H]1CCCCN(CC(=O)OC2[C@@H](COP(=O)([O-])OC3C[C@H](n4ccc(N)nc4=O)O[C@@H]3COP(=O)([O-])O)O[C@@H](n3cnc4c(N)ncnc43)[C@H]2O)C1. The number of imidazole rings is 1. The van der Waals surface area contributed by atoms with Gasteiger partial charge in [0.15, 0.2) is 23.8 Å². The zero-order valence-corrected chi connectivity index (χ0v) is 33.4. The van der Waals surface area contributed by atoms with Crippen molar-refractivity contribution < 1.29 is 66.3 Å². The van der Waals surface area contributed by atoms with Gasteiger partial charge in [-0.05, 0) is 37.8 Å². The van der Waals surface area contributed by atoms with Crippen LogP contribution in [-0.2, 0) is 46.5 Å². The molecular formula is C33H45N9O15P2-2. The summed E-state index contributed by atoms with van der Waals surface area (Å²) in [5, 5.41) is 11.6. The van der Waals surface area contributed by atoms with Crippen LogP contribution in [0.4, 0.5) is 11.6 Å². The largest absolute Gasteiger partial charge is 0.756 e. The number of aliphatic hydroxyl groups is 1. The van der Waals surface area contributed by atoms with Crippen molar-refractivity contribution in [3.05, 3.63) is 48.1 Å². The van der Waals surface area contributed by atoms with Gasteiger partial charge in [0.1, 0.15) is 48.0 Å². The van der Waals surface area contributed by atoms with Gasteiger partial charge in [-0.1, -0.05) is 12.5 Å². The Morgan fingerprint density at radius 3 is 2.61 bits per heavy atom. The number of nitrogen functional groups attached to an aromatic ring is 2. The third kappa shape index (κ3) is 11.6. The van der Waals surface area contributed by atoms with E-state index in [-0.39, 0.29) is 47.5 Å². The Morgan fingerprint density at radius 2 is 1.86 bits per heavy atom. The van der Waals surface area contributed by atoms with Crippen molar-refractivity contribution in [2.45, 2.75) is 87.9 Å². The number of carbonyl (C=O) groups excluding carboxylic acids is 2. The maximum Gasteiger partial charge on any atom is 0.351 e. The van der Waals surface area contributed by atoms with Crippen molar-refractivity contribution in [2.75, 3.05) is 44.3 Å². The summed E-state index contributed by atoms with van der Waals surface area (Å²) in [5.41, 5.74) is 10.9. The second kappa shape index (κ2) is 19.1. The molecule has 0 radical (unpaired) electrons. The molecule has 3 aliphatic rings. The highest BCUT2D eigenvalue weighted by atomic mass is 31.2. The van der Waals surface area contributed by atoms with Gasteiger partial charge < -0.3 is 59.0 Å². The molecule has 3 saturated heterocycles. The summed E-state index contributed by atoms with van der Waals surface area (Å²) in [6, 6.07) is 1.27. The molecule has 59 heavy (non-hydrogen) atoms. The van der Waals surface area contributed by atoms with Crippen LogP contribution in [0.3, 0.4) is 0 Å². The van der Waals surface area contributed by atoms with Crippen LogP contribution < -0.4 is 26.9 Å². The van der Waals surface area contributed by atoms with Gasteiger partial charge >= 0.3 is 11.7 Å². The van der Waals surface area contributed by atoms with E-state index in [1.807, 2.05) is 4.90 Å². The lowest BCUT2D eigenvalue weighted by Crippen LogP contribution is -2.42. The number of nitrogens with zero attached hydrogens (tertiary/aromatic N) is 7. The molecule has 0 aromatic carbocycles. The van der Waals surface area contributed by atoms with Crippen LogP contribution in [0, 0.1) is 5.92 Å². The number of rotatable bonds is 18. The zero-order valence-electron chi connectivity index (χ0n) is 31.6. The fourth-order valence-electron chi connectivity index (χ4n) is 7.28. The third-order valence-corrected chi connectivity index (χ3v) is 11.5. The van der Waals surface area contributed by atoms with Gasteiger partial charge in [-0.2, -0.15) is 4.98 Å². The number of allylic oxidation sites excluding steroid dienone is 1. The fourth-order valence-corrected chi connectivity index (χ4v) is 8.56. The monoisotopic (exact) mass is 869 g/mol. The number of ether oxygens (including phenoxy) is 3. The van der Waals surface area contributed by atoms with Crippen LogP contribution >= 0.6 is 15.6 Å². The number of carbonyl (C=O) groups is 2. The number of hydrogen-bond acceptors (Lipinski definition) is 21. The molecule has 6 heterocycles. The van der Waals surface area contributed by atoms with E-state index in [0.29, 0.717) is 32.4 Å². The fraction of sp³-hybridized carbons (Fsp3) is 0.606. The van der Waals surface area contributed by atoms with Crippen LogP contribution in [0.1, 0.15) is 57.4 Å². The quantitative estimate of drug-likeness (QED) is 0.0682. The number of likely N-dealkylation sites (tertiary alicyclic amines) is 1. The summed E-state index contributed by atoms with van der Waals surface area (Å²) < 4.78 is 59.4. The first-order chi connectivity index (χ1) is 28.0. The first-order valence-corrected chi connectivity index (χ1v) is 21.6. The van der Waals surface area contributed by atoms with Crippen molar-refractivity contribution in [2.24, 2.45) is 5.92 Å². The smallest absolute Gasteiger partial charge is 0.351 e. The second-order valence-corrected chi connectivity index (χ2v) is 16.9. The Hall–Kier alpha value is -4.03. The molecular weight excluding hydrogens is 824 g/mol. The highest BCUT2D eigenvalue weighted by Crippen LogP contribution is 2.47. The lowest BCUT2D eigenvalue weighted by atomic mass is 9.95. The maximum absolute atomic E-state index is 13.5. The van der Waals surface area contributed by atoms with Gasteiger partial charge in [-0.3, -0.25) is 32.8 Å². The molecule has 0 aliphatic carbocycles. The Morgan fingerprint density at radius 1 is 1.08 bits per heavy atom. The zero-order chi connectivity index (χ0) is 42.5. The lowest BCUT2D eigenvalue weighted by molar-refractivity contribution is -0.235. The number of esters is 1. The third-order valence-electron chi connectivity index (χ3n) is 9.99. The highest BCUT2D eigenvalue weighted by Gasteiger charge is 2.49. The van der Waals surface area contributed by atoms with E-state index in [0.717, 1.165) is 30.2 Å². The van der Waals surface area contributed by atoms with Crippen molar-refractivity contribution in [3.63, 3.8) is 0 Å². The predicted molar refractivity (Wildman–Crippen MR) is 198 cm³/mol. The summed E-state index contributed by atoms with van der Waals surface area (Å²) in [7, 11) is -10.7. The van der Waals surface area contributed by atoms with Crippen LogP contribution in [0.5, 0.6) is 0 Å².